The number of benzene rings is 1. The van der Waals surface area contributed by atoms with Crippen LogP contribution in [0.2, 0.25) is 0 Å². The van der Waals surface area contributed by atoms with Crippen LogP contribution in [0, 0.1) is 0 Å². The second kappa shape index (κ2) is 5.07. The molecular formula is C12H15NO4S. The van der Waals surface area contributed by atoms with Crippen LogP contribution in [0.15, 0.2) is 24.3 Å². The maximum absolute atomic E-state index is 11.6. The highest BCUT2D eigenvalue weighted by molar-refractivity contribution is 7.90. The van der Waals surface area contributed by atoms with Crippen LogP contribution in [-0.4, -0.2) is 31.3 Å². The van der Waals surface area contributed by atoms with Gasteiger partial charge in [0, 0.05) is 6.54 Å². The molecule has 1 fully saturated rings. The third kappa shape index (κ3) is 3.30. The van der Waals surface area contributed by atoms with E-state index in [1.54, 1.807) is 18.2 Å². The van der Waals surface area contributed by atoms with Crippen molar-refractivity contribution in [2.45, 2.75) is 24.5 Å². The highest BCUT2D eigenvalue weighted by Gasteiger charge is 2.35. The number of aromatic carboxylic acids is 1. The molecule has 0 atom stereocenters. The van der Waals surface area contributed by atoms with E-state index in [4.69, 9.17) is 5.11 Å². The first-order valence-electron chi connectivity index (χ1n) is 5.80. The second-order valence-electron chi connectivity index (χ2n) is 4.39. The molecule has 2 N–H and O–H groups in total. The summed E-state index contributed by atoms with van der Waals surface area (Å²) >= 11 is 0. The number of rotatable bonds is 6. The van der Waals surface area contributed by atoms with Gasteiger partial charge in [-0.2, -0.15) is 0 Å². The van der Waals surface area contributed by atoms with Gasteiger partial charge in [0.15, 0.2) is 0 Å². The summed E-state index contributed by atoms with van der Waals surface area (Å²) in [5, 5.41) is 8.61. The molecule has 18 heavy (non-hydrogen) atoms. The van der Waals surface area contributed by atoms with E-state index in [0.29, 0.717) is 13.0 Å². The third-order valence-corrected chi connectivity index (χ3v) is 4.81. The van der Waals surface area contributed by atoms with Crippen molar-refractivity contribution < 1.29 is 18.3 Å². The first-order valence-corrected chi connectivity index (χ1v) is 7.34. The maximum Gasteiger partial charge on any atom is 0.335 e. The summed E-state index contributed by atoms with van der Waals surface area (Å²) < 4.78 is 25.6. The van der Waals surface area contributed by atoms with Crippen molar-refractivity contribution in [2.75, 3.05) is 6.54 Å². The standard InChI is InChI=1S/C12H15NO4S/c14-12(15)10-3-1-2-9(8-10)6-7-13-18(16,17)11-4-5-11/h1-3,8,11,13H,4-7H2,(H,14,15). The predicted molar refractivity (Wildman–Crippen MR) is 67.0 cm³/mol. The van der Waals surface area contributed by atoms with Gasteiger partial charge < -0.3 is 5.11 Å². The highest BCUT2D eigenvalue weighted by atomic mass is 32.2. The molecule has 5 nitrogen and oxygen atoms in total. The zero-order valence-electron chi connectivity index (χ0n) is 9.80. The summed E-state index contributed by atoms with van der Waals surface area (Å²) in [4.78, 5) is 10.8. The molecule has 98 valence electrons. The average Bonchev–Trinajstić information content (AvgIpc) is 3.13. The second-order valence-corrected chi connectivity index (χ2v) is 6.44. The molecule has 0 spiro atoms. The Morgan fingerprint density at radius 3 is 2.72 bits per heavy atom. The van der Waals surface area contributed by atoms with Crippen molar-refractivity contribution in [2.24, 2.45) is 0 Å². The number of nitrogens with one attached hydrogen (secondary N) is 1. The monoisotopic (exact) mass is 269 g/mol. The minimum atomic E-state index is -3.15. The highest BCUT2D eigenvalue weighted by Crippen LogP contribution is 2.27. The zero-order chi connectivity index (χ0) is 13.2. The Balaban J connectivity index is 1.90. The van der Waals surface area contributed by atoms with Crippen molar-refractivity contribution in [3.63, 3.8) is 0 Å². The van der Waals surface area contributed by atoms with Crippen molar-refractivity contribution >= 4 is 16.0 Å². The molecule has 0 amide bonds. The van der Waals surface area contributed by atoms with Crippen molar-refractivity contribution in [1.29, 1.82) is 0 Å². The van der Waals surface area contributed by atoms with Gasteiger partial charge in [0.25, 0.3) is 0 Å². The van der Waals surface area contributed by atoms with Crippen LogP contribution < -0.4 is 4.72 Å². The van der Waals surface area contributed by atoms with Crippen molar-refractivity contribution in [3.8, 4) is 0 Å². The van der Waals surface area contributed by atoms with E-state index in [9.17, 15) is 13.2 Å². The topological polar surface area (TPSA) is 83.5 Å². The zero-order valence-corrected chi connectivity index (χ0v) is 10.6. The minimum absolute atomic E-state index is 0.220. The third-order valence-electron chi connectivity index (χ3n) is 2.85. The molecule has 2 rings (SSSR count). The Labute approximate surface area is 106 Å². The summed E-state index contributed by atoms with van der Waals surface area (Å²) in [5.74, 6) is -0.976. The van der Waals surface area contributed by atoms with Crippen LogP contribution >= 0.6 is 0 Å². The van der Waals surface area contributed by atoms with Gasteiger partial charge in [0.05, 0.1) is 10.8 Å². The van der Waals surface area contributed by atoms with Gasteiger partial charge in [-0.3, -0.25) is 0 Å². The first kappa shape index (κ1) is 13.0. The number of hydrogen-bond acceptors (Lipinski definition) is 3. The lowest BCUT2D eigenvalue weighted by molar-refractivity contribution is 0.0696. The van der Waals surface area contributed by atoms with E-state index >= 15 is 0 Å². The average molecular weight is 269 g/mol. The molecule has 6 heteroatoms. The Hall–Kier alpha value is -1.40. The Morgan fingerprint density at radius 1 is 1.39 bits per heavy atom. The minimum Gasteiger partial charge on any atom is -0.478 e. The van der Waals surface area contributed by atoms with Gasteiger partial charge in [0.1, 0.15) is 0 Å². The summed E-state index contributed by atoms with van der Waals surface area (Å²) in [6, 6.07) is 6.53. The van der Waals surface area contributed by atoms with Crippen LogP contribution in [0.1, 0.15) is 28.8 Å². The van der Waals surface area contributed by atoms with Crippen LogP contribution in [0.3, 0.4) is 0 Å². The lowest BCUT2D eigenvalue weighted by atomic mass is 10.1. The molecule has 0 heterocycles. The fraction of sp³-hybridized carbons (Fsp3) is 0.417. The van der Waals surface area contributed by atoms with E-state index in [2.05, 4.69) is 4.72 Å². The number of hydrogen-bond donors (Lipinski definition) is 2. The van der Waals surface area contributed by atoms with Crippen molar-refractivity contribution in [1.82, 2.24) is 4.72 Å². The molecule has 0 saturated heterocycles. The molecule has 1 aliphatic carbocycles. The Kier molecular flexibility index (Phi) is 3.68. The predicted octanol–water partition coefficient (Wildman–Crippen LogP) is 1.01. The fourth-order valence-corrected chi connectivity index (χ4v) is 3.07. The maximum atomic E-state index is 11.6. The summed E-state index contributed by atoms with van der Waals surface area (Å²) in [5.41, 5.74) is 1.03. The van der Waals surface area contributed by atoms with E-state index in [1.807, 2.05) is 0 Å². The SMILES string of the molecule is O=C(O)c1cccc(CCNS(=O)(=O)C2CC2)c1. The number of carboxylic acids is 1. The van der Waals surface area contributed by atoms with Gasteiger partial charge >= 0.3 is 5.97 Å². The molecule has 1 saturated carbocycles. The molecule has 0 unspecified atom stereocenters. The molecule has 0 aliphatic heterocycles. The van der Waals surface area contributed by atoms with Crippen LogP contribution in [0.4, 0.5) is 0 Å². The summed E-state index contributed by atoms with van der Waals surface area (Å²) in [6.45, 7) is 0.307. The molecule has 1 aromatic carbocycles. The van der Waals surface area contributed by atoms with Crippen LogP contribution in [0.5, 0.6) is 0 Å². The van der Waals surface area contributed by atoms with E-state index < -0.39 is 16.0 Å². The van der Waals surface area contributed by atoms with Gasteiger partial charge in [-0.25, -0.2) is 17.9 Å². The Bertz CT molecular complexity index is 549. The van der Waals surface area contributed by atoms with Gasteiger partial charge in [-0.1, -0.05) is 12.1 Å². The number of sulfonamides is 1. The molecule has 1 aromatic rings. The number of carbonyl (C=O) groups is 1. The van der Waals surface area contributed by atoms with E-state index in [0.717, 1.165) is 18.4 Å². The largest absolute Gasteiger partial charge is 0.478 e. The molecule has 0 bridgehead atoms. The normalized spacial score (nSPS) is 15.6. The van der Waals surface area contributed by atoms with Gasteiger partial charge in [-0.05, 0) is 37.0 Å². The molecule has 0 aromatic heterocycles. The van der Waals surface area contributed by atoms with Crippen molar-refractivity contribution in [3.05, 3.63) is 35.4 Å². The first-order chi connectivity index (χ1) is 8.49. The van der Waals surface area contributed by atoms with Crippen LogP contribution in [-0.2, 0) is 16.4 Å². The molecule has 0 radical (unpaired) electrons. The lowest BCUT2D eigenvalue weighted by Crippen LogP contribution is -2.29. The molecule has 1 aliphatic rings. The smallest absolute Gasteiger partial charge is 0.335 e. The van der Waals surface area contributed by atoms with E-state index in [-0.39, 0.29) is 10.8 Å². The fourth-order valence-electron chi connectivity index (χ4n) is 1.69. The Morgan fingerprint density at radius 2 is 2.11 bits per heavy atom. The lowest BCUT2D eigenvalue weighted by Gasteiger charge is -2.06. The summed E-state index contributed by atoms with van der Waals surface area (Å²) in [6.07, 6.45) is 1.97. The summed E-state index contributed by atoms with van der Waals surface area (Å²) in [7, 11) is -3.15. The van der Waals surface area contributed by atoms with Gasteiger partial charge in [-0.15, -0.1) is 0 Å². The van der Waals surface area contributed by atoms with Crippen LogP contribution in [0.25, 0.3) is 0 Å². The van der Waals surface area contributed by atoms with Gasteiger partial charge in [0.2, 0.25) is 10.0 Å². The van der Waals surface area contributed by atoms with E-state index in [1.165, 1.54) is 6.07 Å². The molecular weight excluding hydrogens is 254 g/mol. The number of carboxylic acid groups (broad SMARTS) is 1. The quantitative estimate of drug-likeness (QED) is 0.807.